The van der Waals surface area contributed by atoms with Gasteiger partial charge < -0.3 is 10.2 Å². The van der Waals surface area contributed by atoms with Crippen molar-refractivity contribution in [3.63, 3.8) is 0 Å². The number of rotatable bonds is 8. The van der Waals surface area contributed by atoms with E-state index < -0.39 is 0 Å². The molecule has 5 nitrogen and oxygen atoms in total. The third-order valence-corrected chi connectivity index (χ3v) is 6.35. The Morgan fingerprint density at radius 3 is 2.35 bits per heavy atom. The van der Waals surface area contributed by atoms with Gasteiger partial charge in [-0.05, 0) is 92.5 Å². The lowest BCUT2D eigenvalue weighted by Crippen LogP contribution is -2.39. The zero-order chi connectivity index (χ0) is 23.9. The Bertz CT molecular complexity index is 1170. The summed E-state index contributed by atoms with van der Waals surface area (Å²) in [5.74, 6) is 0. The van der Waals surface area contributed by atoms with Gasteiger partial charge in [0.15, 0.2) is 0 Å². The molecule has 0 atom stereocenters. The van der Waals surface area contributed by atoms with Crippen molar-refractivity contribution in [2.45, 2.75) is 19.3 Å². The highest BCUT2D eigenvalue weighted by Gasteiger charge is 2.18. The van der Waals surface area contributed by atoms with Gasteiger partial charge in [-0.2, -0.15) is 5.26 Å². The number of carbonyl (C=O) groups excluding carboxylic acids is 1. The second-order valence-corrected chi connectivity index (χ2v) is 9.25. The van der Waals surface area contributed by atoms with Gasteiger partial charge in [-0.1, -0.05) is 47.5 Å². The van der Waals surface area contributed by atoms with Gasteiger partial charge in [0.2, 0.25) is 0 Å². The van der Waals surface area contributed by atoms with Crippen molar-refractivity contribution in [2.75, 3.05) is 36.4 Å². The highest BCUT2D eigenvalue weighted by Crippen LogP contribution is 2.26. The molecule has 3 aromatic rings. The molecule has 4 rings (SSSR count). The van der Waals surface area contributed by atoms with Gasteiger partial charge in [0, 0.05) is 28.0 Å². The molecule has 1 fully saturated rings. The Hall–Kier alpha value is -3.04. The molecule has 0 unspecified atom stereocenters. The summed E-state index contributed by atoms with van der Waals surface area (Å²) in [7, 11) is 0. The highest BCUT2D eigenvalue weighted by atomic mass is 35.5. The second kappa shape index (κ2) is 11.4. The number of nitrogens with one attached hydrogen (secondary N) is 1. The van der Waals surface area contributed by atoms with Gasteiger partial charge in [-0.15, -0.1) is 0 Å². The van der Waals surface area contributed by atoms with Crippen LogP contribution in [-0.4, -0.2) is 37.1 Å². The van der Waals surface area contributed by atoms with E-state index in [1.165, 1.54) is 19.5 Å². The number of carbonyl (C=O) groups is 1. The summed E-state index contributed by atoms with van der Waals surface area (Å²) in [6.07, 6.45) is 3.21. The molecule has 0 bridgehead atoms. The number of hydrogen-bond acceptors (Lipinski definition) is 3. The molecule has 1 heterocycles. The van der Waals surface area contributed by atoms with Gasteiger partial charge in [-0.25, -0.2) is 4.79 Å². The van der Waals surface area contributed by atoms with Crippen LogP contribution in [0.4, 0.5) is 16.2 Å². The summed E-state index contributed by atoms with van der Waals surface area (Å²) in [5.41, 5.74) is 3.92. The van der Waals surface area contributed by atoms with Gasteiger partial charge in [-0.3, -0.25) is 4.90 Å². The molecule has 7 heteroatoms. The van der Waals surface area contributed by atoms with Crippen molar-refractivity contribution >= 4 is 40.6 Å². The van der Waals surface area contributed by atoms with E-state index >= 15 is 0 Å². The first kappa shape index (κ1) is 24.1. The number of likely N-dealkylation sites (tertiary alicyclic amines) is 1. The van der Waals surface area contributed by atoms with Crippen LogP contribution in [0, 0.1) is 11.3 Å². The average molecular weight is 493 g/mol. The summed E-state index contributed by atoms with van der Waals surface area (Å²) >= 11 is 12.2. The maximum absolute atomic E-state index is 13.3. The van der Waals surface area contributed by atoms with Gasteiger partial charge >= 0.3 is 6.03 Å². The molecular formula is C27H26Cl2N4O. The molecule has 0 spiro atoms. The van der Waals surface area contributed by atoms with E-state index in [4.69, 9.17) is 23.2 Å². The Labute approximate surface area is 210 Å². The van der Waals surface area contributed by atoms with Crippen LogP contribution in [0.5, 0.6) is 0 Å². The molecule has 1 aliphatic rings. The number of benzene rings is 3. The van der Waals surface area contributed by atoms with Crippen LogP contribution in [0.15, 0.2) is 66.7 Å². The minimum Gasteiger partial charge on any atom is -0.307 e. The van der Waals surface area contributed by atoms with E-state index in [1.54, 1.807) is 29.2 Å². The first-order valence-corrected chi connectivity index (χ1v) is 12.1. The molecule has 3 aromatic carbocycles. The normalized spacial score (nSPS) is 13.1. The van der Waals surface area contributed by atoms with Crippen LogP contribution >= 0.6 is 23.2 Å². The fraction of sp³-hybridized carbons (Fsp3) is 0.259. The number of nitrogens with zero attached hydrogens (tertiary/aromatic N) is 3. The molecule has 2 amide bonds. The number of hydrogen-bond donors (Lipinski definition) is 1. The summed E-state index contributed by atoms with van der Waals surface area (Å²) in [6, 6.07) is 22.2. The fourth-order valence-electron chi connectivity index (χ4n) is 3.98. The van der Waals surface area contributed by atoms with Crippen LogP contribution in [0.2, 0.25) is 10.0 Å². The Morgan fingerprint density at radius 1 is 0.971 bits per heavy atom. The lowest BCUT2D eigenvalue weighted by atomic mass is 10.0. The second-order valence-electron chi connectivity index (χ2n) is 8.38. The first-order chi connectivity index (χ1) is 16.5. The standard InChI is InChI=1S/C27H26Cl2N4O/c28-23-16-24(29)18-25(17-23)31-27(34)33(14-2-1-11-32-12-4-13-32)26-9-7-21(8-10-26)22-6-3-5-20(15-22)19-30/h3,5-10,15-18H,1-2,4,11-14H2,(H,31,34). The summed E-state index contributed by atoms with van der Waals surface area (Å²) in [6.45, 7) is 4.01. The number of amides is 2. The van der Waals surface area contributed by atoms with Gasteiger partial charge in [0.1, 0.15) is 0 Å². The number of anilines is 2. The topological polar surface area (TPSA) is 59.4 Å². The van der Waals surface area contributed by atoms with E-state index in [2.05, 4.69) is 16.3 Å². The molecule has 1 aliphatic heterocycles. The third kappa shape index (κ3) is 6.30. The zero-order valence-electron chi connectivity index (χ0n) is 18.8. The predicted octanol–water partition coefficient (Wildman–Crippen LogP) is 7.06. The van der Waals surface area contributed by atoms with Crippen LogP contribution in [0.1, 0.15) is 24.8 Å². The summed E-state index contributed by atoms with van der Waals surface area (Å²) in [4.78, 5) is 17.4. The number of urea groups is 1. The van der Waals surface area contributed by atoms with Crippen molar-refractivity contribution in [2.24, 2.45) is 0 Å². The van der Waals surface area contributed by atoms with E-state index in [0.29, 0.717) is 27.8 Å². The number of halogens is 2. The van der Waals surface area contributed by atoms with E-state index in [0.717, 1.165) is 36.2 Å². The van der Waals surface area contributed by atoms with Gasteiger partial charge in [0.05, 0.1) is 11.6 Å². The van der Waals surface area contributed by atoms with Crippen LogP contribution in [-0.2, 0) is 0 Å². The molecular weight excluding hydrogens is 467 g/mol. The predicted molar refractivity (Wildman–Crippen MR) is 140 cm³/mol. The molecule has 0 saturated carbocycles. The van der Waals surface area contributed by atoms with Crippen LogP contribution < -0.4 is 10.2 Å². The minimum absolute atomic E-state index is 0.235. The number of unbranched alkanes of at least 4 members (excludes halogenated alkanes) is 1. The van der Waals surface area contributed by atoms with Crippen molar-refractivity contribution in [1.82, 2.24) is 4.90 Å². The molecule has 0 radical (unpaired) electrons. The molecule has 34 heavy (non-hydrogen) atoms. The average Bonchev–Trinajstić information content (AvgIpc) is 2.79. The Balaban J connectivity index is 1.51. The van der Waals surface area contributed by atoms with E-state index in [9.17, 15) is 10.1 Å². The van der Waals surface area contributed by atoms with Crippen molar-refractivity contribution in [3.8, 4) is 17.2 Å². The quantitative estimate of drug-likeness (QED) is 0.342. The molecule has 0 aliphatic carbocycles. The fourth-order valence-corrected chi connectivity index (χ4v) is 4.50. The van der Waals surface area contributed by atoms with E-state index in [1.807, 2.05) is 42.5 Å². The highest BCUT2D eigenvalue weighted by molar-refractivity contribution is 6.35. The largest absolute Gasteiger partial charge is 0.326 e. The summed E-state index contributed by atoms with van der Waals surface area (Å²) < 4.78 is 0. The molecule has 0 aromatic heterocycles. The minimum atomic E-state index is -0.235. The molecule has 1 saturated heterocycles. The third-order valence-electron chi connectivity index (χ3n) is 5.92. The Morgan fingerprint density at radius 2 is 1.71 bits per heavy atom. The summed E-state index contributed by atoms with van der Waals surface area (Å²) in [5, 5.41) is 13.0. The smallest absolute Gasteiger partial charge is 0.307 e. The lowest BCUT2D eigenvalue weighted by Gasteiger charge is -2.31. The monoisotopic (exact) mass is 492 g/mol. The zero-order valence-corrected chi connectivity index (χ0v) is 20.3. The van der Waals surface area contributed by atoms with Crippen molar-refractivity contribution < 1.29 is 4.79 Å². The van der Waals surface area contributed by atoms with Gasteiger partial charge in [0.25, 0.3) is 0 Å². The van der Waals surface area contributed by atoms with E-state index in [-0.39, 0.29) is 6.03 Å². The number of nitriles is 1. The molecule has 174 valence electrons. The van der Waals surface area contributed by atoms with Crippen LogP contribution in [0.25, 0.3) is 11.1 Å². The first-order valence-electron chi connectivity index (χ1n) is 11.4. The lowest BCUT2D eigenvalue weighted by molar-refractivity contribution is 0.178. The van der Waals surface area contributed by atoms with Crippen LogP contribution in [0.3, 0.4) is 0 Å². The Kier molecular flexibility index (Phi) is 8.08. The van der Waals surface area contributed by atoms with Crippen molar-refractivity contribution in [3.05, 3.63) is 82.3 Å². The maximum Gasteiger partial charge on any atom is 0.326 e. The SMILES string of the molecule is N#Cc1cccc(-c2ccc(N(CCCCN3CCC3)C(=O)Nc3cc(Cl)cc(Cl)c3)cc2)c1. The maximum atomic E-state index is 13.3. The molecule has 1 N–H and O–H groups in total. The van der Waals surface area contributed by atoms with Crippen molar-refractivity contribution in [1.29, 1.82) is 5.26 Å².